The Bertz CT molecular complexity index is 1280. The number of hydrogen-bond acceptors (Lipinski definition) is 8. The Morgan fingerprint density at radius 1 is 1.37 bits per heavy atom. The third-order valence-corrected chi connectivity index (χ3v) is 7.70. The lowest BCUT2D eigenvalue weighted by Crippen LogP contribution is -2.35. The molecule has 2 heterocycles. The summed E-state index contributed by atoms with van der Waals surface area (Å²) in [7, 11) is -4.09. The number of urea groups is 1. The zero-order valence-electron chi connectivity index (χ0n) is 18.8. The molecule has 1 aliphatic carbocycles. The van der Waals surface area contributed by atoms with Gasteiger partial charge in [-0.05, 0) is 31.9 Å². The fourth-order valence-electron chi connectivity index (χ4n) is 3.29. The molecule has 3 rings (SSSR count). The highest BCUT2D eigenvalue weighted by Crippen LogP contribution is 2.54. The van der Waals surface area contributed by atoms with Crippen molar-refractivity contribution in [1.29, 1.82) is 0 Å². The van der Waals surface area contributed by atoms with Crippen LogP contribution in [0.1, 0.15) is 37.8 Å². The van der Waals surface area contributed by atoms with Crippen molar-refractivity contribution in [3.8, 4) is 0 Å². The van der Waals surface area contributed by atoms with Crippen LogP contribution in [0.25, 0.3) is 5.57 Å². The quantitative estimate of drug-likeness (QED) is 0.353. The van der Waals surface area contributed by atoms with Gasteiger partial charge in [-0.25, -0.2) is 27.9 Å². The number of carbonyl (C=O) groups is 1. The second-order valence-electron chi connectivity index (χ2n) is 7.64. The van der Waals surface area contributed by atoms with E-state index in [1.165, 1.54) is 12.1 Å². The molecule has 2 amide bonds. The number of aliphatic hydroxyl groups is 1. The SMILES string of the molecule is C=C(/C=C\C(=C/C)c1nc(N)cc(C2(S(=O)(=O)c3cnn(C(F)F)c3)CC2)n1)NC(=O)NCCO. The van der Waals surface area contributed by atoms with E-state index in [1.54, 1.807) is 19.1 Å². The maximum absolute atomic E-state index is 13.3. The van der Waals surface area contributed by atoms with Crippen LogP contribution in [0.3, 0.4) is 0 Å². The normalized spacial score (nSPS) is 15.4. The van der Waals surface area contributed by atoms with E-state index in [9.17, 15) is 22.0 Å². The number of halogens is 2. The van der Waals surface area contributed by atoms with Crippen LogP contribution in [0.15, 0.2) is 53.9 Å². The van der Waals surface area contributed by atoms with Gasteiger partial charge >= 0.3 is 12.6 Å². The fraction of sp³-hybridized carbons (Fsp3) is 0.333. The van der Waals surface area contributed by atoms with Gasteiger partial charge in [-0.15, -0.1) is 0 Å². The van der Waals surface area contributed by atoms with Crippen LogP contribution in [0.4, 0.5) is 19.4 Å². The summed E-state index contributed by atoms with van der Waals surface area (Å²) in [5.41, 5.74) is 6.81. The number of anilines is 1. The summed E-state index contributed by atoms with van der Waals surface area (Å²) in [5, 5.41) is 17.1. The van der Waals surface area contributed by atoms with E-state index in [4.69, 9.17) is 10.8 Å². The van der Waals surface area contributed by atoms with Gasteiger partial charge in [0, 0.05) is 30.1 Å². The van der Waals surface area contributed by atoms with Crippen molar-refractivity contribution < 1.29 is 27.1 Å². The Hall–Kier alpha value is -3.65. The van der Waals surface area contributed by atoms with Gasteiger partial charge < -0.3 is 21.5 Å². The lowest BCUT2D eigenvalue weighted by atomic mass is 10.2. The number of nitrogens with one attached hydrogen (secondary N) is 2. The molecule has 11 nitrogen and oxygen atoms in total. The lowest BCUT2D eigenvalue weighted by molar-refractivity contribution is 0.0563. The predicted octanol–water partition coefficient (Wildman–Crippen LogP) is 1.88. The second-order valence-corrected chi connectivity index (χ2v) is 9.90. The van der Waals surface area contributed by atoms with Crippen LogP contribution in [-0.2, 0) is 14.6 Å². The molecule has 2 aromatic heterocycles. The molecule has 0 unspecified atom stereocenters. The molecule has 5 N–H and O–H groups in total. The molecule has 1 fully saturated rings. The van der Waals surface area contributed by atoms with E-state index in [0.29, 0.717) is 5.57 Å². The molecule has 0 saturated heterocycles. The number of allylic oxidation sites excluding steroid dienone is 4. The third kappa shape index (κ3) is 5.54. The standard InChI is InChI=1S/C21H25F2N7O4S/c1-3-14(5-4-13(2)27-20(32)25-8-9-31)18-28-16(10-17(24)29-18)21(6-7-21)35(33,34)15-11-26-30(12-15)19(22)23/h3-5,10-12,19,31H,2,6-9H2,1H3,(H2,24,28,29)(H2,25,27,32)/b5-4-,14-3+. The van der Waals surface area contributed by atoms with Gasteiger partial charge in [0.1, 0.15) is 15.5 Å². The van der Waals surface area contributed by atoms with Crippen LogP contribution < -0.4 is 16.4 Å². The molecule has 0 spiro atoms. The molecular weight excluding hydrogens is 484 g/mol. The van der Waals surface area contributed by atoms with Gasteiger partial charge in [-0.2, -0.15) is 13.9 Å². The average molecular weight is 510 g/mol. The molecular formula is C21H25F2N7O4S. The van der Waals surface area contributed by atoms with Gasteiger partial charge in [0.25, 0.3) is 0 Å². The largest absolute Gasteiger partial charge is 0.395 e. The van der Waals surface area contributed by atoms with E-state index in [0.717, 1.165) is 12.4 Å². The highest BCUT2D eigenvalue weighted by Gasteiger charge is 2.58. The summed E-state index contributed by atoms with van der Waals surface area (Å²) in [6.45, 7) is 2.32. The Morgan fingerprint density at radius 2 is 2.09 bits per heavy atom. The molecule has 0 bridgehead atoms. The van der Waals surface area contributed by atoms with Crippen LogP contribution in [0, 0.1) is 0 Å². The molecule has 0 aliphatic heterocycles. The lowest BCUT2D eigenvalue weighted by Gasteiger charge is -2.16. The van der Waals surface area contributed by atoms with Crippen molar-refractivity contribution in [2.75, 3.05) is 18.9 Å². The topological polar surface area (TPSA) is 165 Å². The molecule has 35 heavy (non-hydrogen) atoms. The van der Waals surface area contributed by atoms with Crippen molar-refractivity contribution in [1.82, 2.24) is 30.4 Å². The zero-order chi connectivity index (χ0) is 25.8. The van der Waals surface area contributed by atoms with Crippen molar-refractivity contribution in [2.24, 2.45) is 0 Å². The minimum absolute atomic E-state index is 0.0304. The fourth-order valence-corrected chi connectivity index (χ4v) is 5.19. The monoisotopic (exact) mass is 509 g/mol. The first-order valence-electron chi connectivity index (χ1n) is 10.5. The number of rotatable bonds is 10. The van der Waals surface area contributed by atoms with Gasteiger partial charge in [-0.1, -0.05) is 12.7 Å². The minimum Gasteiger partial charge on any atom is -0.395 e. The highest BCUT2D eigenvalue weighted by atomic mass is 32.2. The average Bonchev–Trinajstić information content (AvgIpc) is 3.47. The van der Waals surface area contributed by atoms with Gasteiger partial charge in [-0.3, -0.25) is 0 Å². The minimum atomic E-state index is -4.09. The number of aromatic nitrogens is 4. The number of nitrogens with two attached hydrogens (primary N) is 1. The smallest absolute Gasteiger partial charge is 0.333 e. The van der Waals surface area contributed by atoms with Crippen LogP contribution in [0.5, 0.6) is 0 Å². The van der Waals surface area contributed by atoms with Crippen molar-refractivity contribution in [3.05, 3.63) is 60.5 Å². The van der Waals surface area contributed by atoms with Crippen molar-refractivity contribution >= 4 is 27.3 Å². The molecule has 188 valence electrons. The number of sulfone groups is 1. The van der Waals surface area contributed by atoms with E-state index in [2.05, 4.69) is 32.3 Å². The number of nitrogens with zero attached hydrogens (tertiary/aromatic N) is 4. The zero-order valence-corrected chi connectivity index (χ0v) is 19.6. The second kappa shape index (κ2) is 10.3. The van der Waals surface area contributed by atoms with Gasteiger partial charge in [0.05, 0.1) is 18.5 Å². The van der Waals surface area contributed by atoms with E-state index in [-0.39, 0.29) is 58.6 Å². The summed E-state index contributed by atoms with van der Waals surface area (Å²) in [6, 6.07) is 0.809. The molecule has 1 aliphatic rings. The molecule has 0 radical (unpaired) electrons. The summed E-state index contributed by atoms with van der Waals surface area (Å²) in [5.74, 6) is 0.170. The number of aliphatic hydroxyl groups excluding tert-OH is 1. The van der Waals surface area contributed by atoms with Crippen LogP contribution in [0.2, 0.25) is 0 Å². The molecule has 0 aromatic carbocycles. The Balaban J connectivity index is 1.87. The molecule has 1 saturated carbocycles. The number of carbonyl (C=O) groups excluding carboxylic acids is 1. The van der Waals surface area contributed by atoms with Crippen LogP contribution >= 0.6 is 0 Å². The van der Waals surface area contributed by atoms with Gasteiger partial charge in [0.2, 0.25) is 0 Å². The van der Waals surface area contributed by atoms with E-state index < -0.39 is 27.2 Å². The number of nitrogen functional groups attached to an aromatic ring is 1. The number of hydrogen-bond donors (Lipinski definition) is 4. The highest BCUT2D eigenvalue weighted by molar-refractivity contribution is 7.92. The Labute approximate surface area is 200 Å². The summed E-state index contributed by atoms with van der Waals surface area (Å²) < 4.78 is 51.3. The summed E-state index contributed by atoms with van der Waals surface area (Å²) in [4.78, 5) is 20.0. The molecule has 2 aromatic rings. The number of amides is 2. The van der Waals surface area contributed by atoms with Gasteiger partial charge in [0.15, 0.2) is 15.7 Å². The van der Waals surface area contributed by atoms with Crippen molar-refractivity contribution in [3.63, 3.8) is 0 Å². The maximum Gasteiger partial charge on any atom is 0.333 e. The first-order valence-corrected chi connectivity index (χ1v) is 11.9. The summed E-state index contributed by atoms with van der Waals surface area (Å²) >= 11 is 0. The number of alkyl halides is 2. The summed E-state index contributed by atoms with van der Waals surface area (Å²) in [6.07, 6.45) is 6.86. The maximum atomic E-state index is 13.3. The van der Waals surface area contributed by atoms with E-state index in [1.807, 2.05) is 0 Å². The molecule has 14 heteroatoms. The first kappa shape index (κ1) is 26.0. The first-order chi connectivity index (χ1) is 16.5. The Morgan fingerprint density at radius 3 is 2.66 bits per heavy atom. The predicted molar refractivity (Wildman–Crippen MR) is 124 cm³/mol. The third-order valence-electron chi connectivity index (χ3n) is 5.22. The van der Waals surface area contributed by atoms with Crippen LogP contribution in [-0.4, -0.2) is 52.5 Å². The molecule has 0 atom stereocenters. The van der Waals surface area contributed by atoms with Crippen molar-refractivity contribution in [2.45, 2.75) is 36.0 Å². The Kier molecular flexibility index (Phi) is 7.65. The van der Waals surface area contributed by atoms with E-state index >= 15 is 0 Å².